The summed E-state index contributed by atoms with van der Waals surface area (Å²) in [4.78, 5) is 24.0. The molecule has 1 N–H and O–H groups in total. The van der Waals surface area contributed by atoms with E-state index in [1.807, 2.05) is 12.1 Å². The van der Waals surface area contributed by atoms with Gasteiger partial charge in [-0.3, -0.25) is 9.59 Å². The zero-order valence-electron chi connectivity index (χ0n) is 15.0. The Bertz CT molecular complexity index is 1080. The summed E-state index contributed by atoms with van der Waals surface area (Å²) in [5.41, 5.74) is 1.96. The fourth-order valence-electron chi connectivity index (χ4n) is 2.32. The molecule has 3 rings (SSSR count). The summed E-state index contributed by atoms with van der Waals surface area (Å²) in [5.74, 6) is -0.226. The molecule has 0 saturated carbocycles. The fraction of sp³-hybridized carbons (Fsp3) is 0.158. The summed E-state index contributed by atoms with van der Waals surface area (Å²) >= 11 is 14.0. The Labute approximate surface area is 180 Å². The second-order valence-electron chi connectivity index (χ2n) is 5.91. The molecule has 3 aromatic rings. The van der Waals surface area contributed by atoms with Crippen molar-refractivity contribution in [3.63, 3.8) is 0 Å². The second kappa shape index (κ2) is 9.00. The largest absolute Gasteiger partial charge is 0.325 e. The summed E-state index contributed by atoms with van der Waals surface area (Å²) in [5, 5.41) is 7.59. The van der Waals surface area contributed by atoms with Crippen LogP contribution in [0.3, 0.4) is 0 Å². The zero-order chi connectivity index (χ0) is 20.3. The quantitative estimate of drug-likeness (QED) is 0.300. The number of aromatic nitrogens is 2. The number of halogens is 1. The van der Waals surface area contributed by atoms with Crippen LogP contribution in [0.5, 0.6) is 0 Å². The summed E-state index contributed by atoms with van der Waals surface area (Å²) in [7, 11) is 0. The highest BCUT2D eigenvalue weighted by atomic mass is 35.5. The van der Waals surface area contributed by atoms with Gasteiger partial charge in [0, 0.05) is 16.3 Å². The minimum atomic E-state index is -0.389. The van der Waals surface area contributed by atoms with Crippen molar-refractivity contribution in [3.05, 3.63) is 63.1 Å². The van der Waals surface area contributed by atoms with Gasteiger partial charge in [0.15, 0.2) is 14.1 Å². The number of carbonyl (C=O) groups excluding carboxylic acids is 2. The Morgan fingerprint density at radius 2 is 1.96 bits per heavy atom. The first-order valence-corrected chi connectivity index (χ1v) is 10.8. The zero-order valence-corrected chi connectivity index (χ0v) is 18.2. The van der Waals surface area contributed by atoms with Crippen molar-refractivity contribution < 1.29 is 9.59 Å². The van der Waals surface area contributed by atoms with E-state index in [4.69, 9.17) is 23.8 Å². The molecule has 2 aromatic carbocycles. The molecule has 0 aliphatic rings. The molecule has 5 nitrogen and oxygen atoms in total. The lowest BCUT2D eigenvalue weighted by molar-refractivity contribution is -0.115. The van der Waals surface area contributed by atoms with E-state index in [2.05, 4.69) is 10.4 Å². The molecule has 9 heteroatoms. The van der Waals surface area contributed by atoms with Gasteiger partial charge >= 0.3 is 0 Å². The molecule has 1 unspecified atom stereocenters. The van der Waals surface area contributed by atoms with Crippen molar-refractivity contribution in [1.82, 2.24) is 9.78 Å². The lowest BCUT2D eigenvalue weighted by Crippen LogP contribution is -2.22. The Morgan fingerprint density at radius 1 is 1.25 bits per heavy atom. The predicted molar refractivity (Wildman–Crippen MR) is 118 cm³/mol. The standard InChI is InChI=1S/C19H16ClN3O2S3/c1-11(24)13-4-3-5-15(10-13)21-17(25)12(2)27-18-22-23(19(26)28-18)16-8-6-14(20)7-9-16/h3-10,12H,1-2H3,(H,21,25). The number of thioether (sulfide) groups is 1. The maximum atomic E-state index is 12.5. The van der Waals surface area contributed by atoms with Crippen LogP contribution in [0.1, 0.15) is 24.2 Å². The van der Waals surface area contributed by atoms with Gasteiger partial charge in [0.25, 0.3) is 0 Å². The number of amides is 1. The molecule has 144 valence electrons. The molecule has 0 saturated heterocycles. The number of anilines is 1. The number of nitrogens with one attached hydrogen (secondary N) is 1. The Balaban J connectivity index is 1.70. The molecule has 0 aliphatic heterocycles. The maximum Gasteiger partial charge on any atom is 0.237 e. The van der Waals surface area contributed by atoms with Gasteiger partial charge < -0.3 is 5.32 Å². The molecular weight excluding hydrogens is 434 g/mol. The van der Waals surface area contributed by atoms with Gasteiger partial charge in [0.1, 0.15) is 0 Å². The minimum Gasteiger partial charge on any atom is -0.325 e. The molecule has 1 aromatic heterocycles. The van der Waals surface area contributed by atoms with Crippen LogP contribution in [0.15, 0.2) is 52.9 Å². The second-order valence-corrected chi connectivity index (χ2v) is 9.56. The van der Waals surface area contributed by atoms with Crippen LogP contribution >= 0.6 is 46.9 Å². The van der Waals surface area contributed by atoms with Gasteiger partial charge in [-0.15, -0.1) is 5.10 Å². The van der Waals surface area contributed by atoms with Crippen LogP contribution in [0.25, 0.3) is 5.69 Å². The van der Waals surface area contributed by atoms with Crippen LogP contribution in [0.2, 0.25) is 5.02 Å². The van der Waals surface area contributed by atoms with Crippen LogP contribution in [-0.4, -0.2) is 26.7 Å². The lowest BCUT2D eigenvalue weighted by atomic mass is 10.1. The van der Waals surface area contributed by atoms with E-state index < -0.39 is 0 Å². The first kappa shape index (κ1) is 20.7. The maximum absolute atomic E-state index is 12.5. The first-order chi connectivity index (χ1) is 13.3. The lowest BCUT2D eigenvalue weighted by Gasteiger charge is -2.11. The summed E-state index contributed by atoms with van der Waals surface area (Å²) < 4.78 is 2.94. The fourth-order valence-corrected chi connectivity index (χ4v) is 4.95. The average molecular weight is 450 g/mol. The third-order valence-corrected chi connectivity index (χ3v) is 6.45. The third-order valence-electron chi connectivity index (χ3n) is 3.78. The number of hydrogen-bond donors (Lipinski definition) is 1. The first-order valence-electron chi connectivity index (χ1n) is 8.28. The number of Topliss-reactive ketones (excluding diaryl/α,β-unsaturated/α-hetero) is 1. The van der Waals surface area contributed by atoms with E-state index >= 15 is 0 Å². The van der Waals surface area contributed by atoms with Gasteiger partial charge in [0.2, 0.25) is 5.91 Å². The SMILES string of the molecule is CC(=O)c1cccc(NC(=O)C(C)Sc2nn(-c3ccc(Cl)cc3)c(=S)s2)c1. The van der Waals surface area contributed by atoms with E-state index in [9.17, 15) is 9.59 Å². The van der Waals surface area contributed by atoms with E-state index in [1.54, 1.807) is 48.0 Å². The molecule has 0 radical (unpaired) electrons. The normalized spacial score (nSPS) is 11.8. The highest BCUT2D eigenvalue weighted by Crippen LogP contribution is 2.28. The molecular formula is C19H16ClN3O2S3. The number of hydrogen-bond acceptors (Lipinski definition) is 6. The van der Waals surface area contributed by atoms with Crippen LogP contribution in [-0.2, 0) is 4.79 Å². The number of benzene rings is 2. The molecule has 28 heavy (non-hydrogen) atoms. The van der Waals surface area contributed by atoms with Crippen LogP contribution < -0.4 is 5.32 Å². The van der Waals surface area contributed by atoms with Gasteiger partial charge in [-0.2, -0.15) is 0 Å². The summed E-state index contributed by atoms with van der Waals surface area (Å²) in [6.07, 6.45) is 0. The minimum absolute atomic E-state index is 0.0500. The monoisotopic (exact) mass is 449 g/mol. The summed E-state index contributed by atoms with van der Waals surface area (Å²) in [6.45, 7) is 3.29. The molecule has 0 aliphatic carbocycles. The average Bonchev–Trinajstić information content (AvgIpc) is 3.02. The van der Waals surface area contributed by atoms with Crippen molar-refractivity contribution in [2.75, 3.05) is 5.32 Å². The van der Waals surface area contributed by atoms with Crippen molar-refractivity contribution in [3.8, 4) is 5.69 Å². The van der Waals surface area contributed by atoms with Crippen molar-refractivity contribution >= 4 is 64.3 Å². The van der Waals surface area contributed by atoms with Crippen molar-refractivity contribution in [2.45, 2.75) is 23.4 Å². The highest BCUT2D eigenvalue weighted by molar-refractivity contribution is 8.02. The summed E-state index contributed by atoms with van der Waals surface area (Å²) in [6, 6.07) is 14.1. The van der Waals surface area contributed by atoms with Gasteiger partial charge in [-0.25, -0.2) is 4.68 Å². The molecule has 0 fully saturated rings. The van der Waals surface area contributed by atoms with Gasteiger partial charge in [0.05, 0.1) is 10.9 Å². The predicted octanol–water partition coefficient (Wildman–Crippen LogP) is 5.64. The smallest absolute Gasteiger partial charge is 0.237 e. The van der Waals surface area contributed by atoms with E-state index in [1.165, 1.54) is 30.0 Å². The molecule has 1 atom stereocenters. The number of carbonyl (C=O) groups is 2. The van der Waals surface area contributed by atoms with E-state index in [0.717, 1.165) is 5.69 Å². The van der Waals surface area contributed by atoms with Crippen molar-refractivity contribution in [1.29, 1.82) is 0 Å². The van der Waals surface area contributed by atoms with Crippen molar-refractivity contribution in [2.24, 2.45) is 0 Å². The van der Waals surface area contributed by atoms with Gasteiger partial charge in [-0.05, 0) is 62.5 Å². The Kier molecular flexibility index (Phi) is 6.66. The van der Waals surface area contributed by atoms with Crippen LogP contribution in [0, 0.1) is 3.95 Å². The van der Waals surface area contributed by atoms with Gasteiger partial charge in [-0.1, -0.05) is 46.8 Å². The topological polar surface area (TPSA) is 64.0 Å². The van der Waals surface area contributed by atoms with E-state index in [0.29, 0.717) is 24.6 Å². The molecule has 0 spiro atoms. The molecule has 1 amide bonds. The van der Waals surface area contributed by atoms with E-state index in [-0.39, 0.29) is 16.9 Å². The number of nitrogens with zero attached hydrogens (tertiary/aromatic N) is 2. The molecule has 1 heterocycles. The Hall–Kier alpha value is -2.00. The molecule has 0 bridgehead atoms. The number of rotatable bonds is 6. The number of ketones is 1. The Morgan fingerprint density at radius 3 is 2.64 bits per heavy atom. The highest BCUT2D eigenvalue weighted by Gasteiger charge is 2.18. The van der Waals surface area contributed by atoms with Crippen LogP contribution in [0.4, 0.5) is 5.69 Å². The third kappa shape index (κ3) is 5.08.